The zero-order valence-corrected chi connectivity index (χ0v) is 22.3. The number of nitrogens with one attached hydrogen (secondary N) is 1. The summed E-state index contributed by atoms with van der Waals surface area (Å²) in [5, 5.41) is 3.64. The molecule has 0 bridgehead atoms. The highest BCUT2D eigenvalue weighted by molar-refractivity contribution is 7.92. The van der Waals surface area contributed by atoms with Crippen LogP contribution >= 0.6 is 23.2 Å². The quantitative estimate of drug-likeness (QED) is 0.495. The fourth-order valence-electron chi connectivity index (χ4n) is 3.57. The minimum absolute atomic E-state index is 0.0181. The second kappa shape index (κ2) is 11.9. The van der Waals surface area contributed by atoms with E-state index in [4.69, 9.17) is 23.2 Å². The van der Waals surface area contributed by atoms with Crippen LogP contribution in [0.15, 0.2) is 42.5 Å². The molecule has 10 heteroatoms. The first kappa shape index (κ1) is 28.0. The van der Waals surface area contributed by atoms with Gasteiger partial charge in [-0.25, -0.2) is 8.42 Å². The molecule has 0 radical (unpaired) electrons. The summed E-state index contributed by atoms with van der Waals surface area (Å²) in [5.41, 5.74) is 1.71. The van der Waals surface area contributed by atoms with E-state index in [0.717, 1.165) is 10.6 Å². The lowest BCUT2D eigenvalue weighted by Gasteiger charge is -2.33. The fourth-order valence-corrected chi connectivity index (χ4v) is 4.95. The molecule has 0 heterocycles. The first-order chi connectivity index (χ1) is 15.8. The number of hydrogen-bond acceptors (Lipinski definition) is 4. The predicted molar refractivity (Wildman–Crippen MR) is 138 cm³/mol. The van der Waals surface area contributed by atoms with Crippen molar-refractivity contribution in [3.63, 3.8) is 0 Å². The van der Waals surface area contributed by atoms with Crippen molar-refractivity contribution in [3.8, 4) is 0 Å². The lowest BCUT2D eigenvalue weighted by atomic mass is 10.1. The van der Waals surface area contributed by atoms with E-state index in [2.05, 4.69) is 5.32 Å². The van der Waals surface area contributed by atoms with E-state index in [-0.39, 0.29) is 18.5 Å². The molecular weight excluding hydrogens is 497 g/mol. The van der Waals surface area contributed by atoms with E-state index < -0.39 is 28.5 Å². The Balaban J connectivity index is 2.49. The number of nitrogens with zero attached hydrogens (tertiary/aromatic N) is 2. The summed E-state index contributed by atoms with van der Waals surface area (Å²) in [6.07, 6.45) is 1.38. The molecule has 0 saturated carbocycles. The molecule has 7 nitrogen and oxygen atoms in total. The van der Waals surface area contributed by atoms with Crippen LogP contribution in [-0.2, 0) is 26.2 Å². The Kier molecular flexibility index (Phi) is 9.79. The highest BCUT2D eigenvalue weighted by Crippen LogP contribution is 2.26. The lowest BCUT2D eigenvalue weighted by molar-refractivity contribution is -0.140. The summed E-state index contributed by atoms with van der Waals surface area (Å²) in [6, 6.07) is 10.9. The molecule has 2 amide bonds. The Bertz CT molecular complexity index is 1140. The zero-order chi connectivity index (χ0) is 25.6. The van der Waals surface area contributed by atoms with Crippen molar-refractivity contribution in [2.75, 3.05) is 17.1 Å². The maximum Gasteiger partial charge on any atom is 0.244 e. The molecule has 0 saturated heterocycles. The highest BCUT2D eigenvalue weighted by atomic mass is 35.5. The van der Waals surface area contributed by atoms with Gasteiger partial charge in [0.2, 0.25) is 21.8 Å². The van der Waals surface area contributed by atoms with Crippen molar-refractivity contribution in [2.24, 2.45) is 0 Å². The normalized spacial score (nSPS) is 12.4. The molecule has 2 rings (SSSR count). The Morgan fingerprint density at radius 3 is 2.26 bits per heavy atom. The van der Waals surface area contributed by atoms with Crippen molar-refractivity contribution in [3.05, 3.63) is 63.6 Å². The van der Waals surface area contributed by atoms with Gasteiger partial charge >= 0.3 is 0 Å². The number of benzene rings is 2. The second-order valence-corrected chi connectivity index (χ2v) is 11.2. The average molecular weight is 529 g/mol. The number of anilines is 1. The third kappa shape index (κ3) is 7.35. The first-order valence-electron chi connectivity index (χ1n) is 10.9. The molecule has 186 valence electrons. The van der Waals surface area contributed by atoms with Gasteiger partial charge in [-0.2, -0.15) is 0 Å². The number of aryl methyl sites for hydroxylation is 1. The third-order valence-electron chi connectivity index (χ3n) is 5.24. The number of sulfonamides is 1. The number of amides is 2. The van der Waals surface area contributed by atoms with Crippen LogP contribution in [0.5, 0.6) is 0 Å². The molecule has 0 aliphatic rings. The van der Waals surface area contributed by atoms with E-state index in [1.807, 2.05) is 13.8 Å². The summed E-state index contributed by atoms with van der Waals surface area (Å²) in [5.74, 6) is -0.844. The third-order valence-corrected chi connectivity index (χ3v) is 6.95. The van der Waals surface area contributed by atoms with Crippen LogP contribution in [0.25, 0.3) is 0 Å². The molecule has 0 aliphatic carbocycles. The molecular formula is C24H31Cl2N3O4S. The standard InChI is InChI=1S/C24H31Cl2N3O4S/c1-6-21(24(31)27-16(2)3)28(14-18-11-12-19(25)13-20(18)26)23(30)15-29(34(5,32)33)22-10-8-7-9-17(22)4/h7-13,16,21H,6,14-15H2,1-5H3,(H,27,31). The summed E-state index contributed by atoms with van der Waals surface area (Å²) < 4.78 is 26.4. The summed E-state index contributed by atoms with van der Waals surface area (Å²) in [6.45, 7) is 6.79. The van der Waals surface area contributed by atoms with Crippen molar-refractivity contribution in [1.29, 1.82) is 0 Å². The van der Waals surface area contributed by atoms with Crippen LogP contribution in [0.3, 0.4) is 0 Å². The summed E-state index contributed by atoms with van der Waals surface area (Å²) >= 11 is 12.4. The molecule has 2 aromatic carbocycles. The molecule has 0 fully saturated rings. The van der Waals surface area contributed by atoms with E-state index in [0.29, 0.717) is 33.3 Å². The van der Waals surface area contributed by atoms with Crippen LogP contribution in [0, 0.1) is 6.92 Å². The fraction of sp³-hybridized carbons (Fsp3) is 0.417. The second-order valence-electron chi connectivity index (χ2n) is 8.40. The van der Waals surface area contributed by atoms with Crippen LogP contribution in [0.2, 0.25) is 10.0 Å². The SMILES string of the molecule is CCC(C(=O)NC(C)C)N(Cc1ccc(Cl)cc1Cl)C(=O)CN(c1ccccc1C)S(C)(=O)=O. The summed E-state index contributed by atoms with van der Waals surface area (Å²) in [7, 11) is -3.79. The zero-order valence-electron chi connectivity index (χ0n) is 20.0. The Morgan fingerprint density at radius 1 is 1.09 bits per heavy atom. The van der Waals surface area contributed by atoms with Crippen molar-refractivity contribution in [2.45, 2.75) is 52.7 Å². The van der Waals surface area contributed by atoms with Crippen LogP contribution in [0.4, 0.5) is 5.69 Å². The minimum atomic E-state index is -3.79. The number of carbonyl (C=O) groups excluding carboxylic acids is 2. The maximum atomic E-state index is 13.6. The lowest BCUT2D eigenvalue weighted by Crippen LogP contribution is -2.53. The number of hydrogen-bond donors (Lipinski definition) is 1. The number of para-hydroxylation sites is 1. The van der Waals surface area contributed by atoms with Gasteiger partial charge in [0.1, 0.15) is 12.6 Å². The predicted octanol–water partition coefficient (Wildman–Crippen LogP) is 4.40. The first-order valence-corrected chi connectivity index (χ1v) is 13.5. The van der Waals surface area contributed by atoms with Gasteiger partial charge in [-0.05, 0) is 56.5 Å². The van der Waals surface area contributed by atoms with Crippen LogP contribution < -0.4 is 9.62 Å². The minimum Gasteiger partial charge on any atom is -0.352 e. The van der Waals surface area contributed by atoms with Crippen LogP contribution in [0.1, 0.15) is 38.3 Å². The topological polar surface area (TPSA) is 86.8 Å². The monoisotopic (exact) mass is 527 g/mol. The number of carbonyl (C=O) groups is 2. The van der Waals surface area contributed by atoms with Crippen LogP contribution in [-0.4, -0.2) is 50.0 Å². The van der Waals surface area contributed by atoms with Gasteiger partial charge in [-0.3, -0.25) is 13.9 Å². The van der Waals surface area contributed by atoms with Gasteiger partial charge in [0, 0.05) is 22.6 Å². The highest BCUT2D eigenvalue weighted by Gasteiger charge is 2.32. The van der Waals surface area contributed by atoms with E-state index >= 15 is 0 Å². The van der Waals surface area contributed by atoms with Gasteiger partial charge in [-0.1, -0.05) is 54.4 Å². The molecule has 1 N–H and O–H groups in total. The maximum absolute atomic E-state index is 13.6. The van der Waals surface area contributed by atoms with Crippen molar-refractivity contribution in [1.82, 2.24) is 10.2 Å². The Hall–Kier alpha value is -2.29. The molecule has 0 aromatic heterocycles. The molecule has 2 aromatic rings. The number of rotatable bonds is 10. The number of halogens is 2. The molecule has 34 heavy (non-hydrogen) atoms. The van der Waals surface area contributed by atoms with Gasteiger partial charge in [-0.15, -0.1) is 0 Å². The Labute approximate surface area is 212 Å². The smallest absolute Gasteiger partial charge is 0.244 e. The van der Waals surface area contributed by atoms with Crippen molar-refractivity contribution >= 4 is 50.7 Å². The van der Waals surface area contributed by atoms with E-state index in [9.17, 15) is 18.0 Å². The molecule has 0 aliphatic heterocycles. The summed E-state index contributed by atoms with van der Waals surface area (Å²) in [4.78, 5) is 28.0. The van der Waals surface area contributed by atoms with Gasteiger partial charge in [0.25, 0.3) is 0 Å². The molecule has 0 spiro atoms. The van der Waals surface area contributed by atoms with E-state index in [1.165, 1.54) is 4.90 Å². The largest absolute Gasteiger partial charge is 0.352 e. The van der Waals surface area contributed by atoms with E-state index in [1.54, 1.807) is 56.3 Å². The molecule has 1 unspecified atom stereocenters. The Morgan fingerprint density at radius 2 is 1.74 bits per heavy atom. The van der Waals surface area contributed by atoms with Gasteiger partial charge in [0.15, 0.2) is 0 Å². The van der Waals surface area contributed by atoms with Gasteiger partial charge < -0.3 is 10.2 Å². The van der Waals surface area contributed by atoms with Gasteiger partial charge in [0.05, 0.1) is 11.9 Å². The molecule has 1 atom stereocenters. The van der Waals surface area contributed by atoms with Crippen molar-refractivity contribution < 1.29 is 18.0 Å². The average Bonchev–Trinajstić information content (AvgIpc) is 2.72.